The maximum atomic E-state index is 10.8. The molecule has 0 unspecified atom stereocenters. The van der Waals surface area contributed by atoms with Crippen molar-refractivity contribution >= 4 is 11.6 Å². The minimum absolute atomic E-state index is 0.0541. The number of carbonyl (C=O) groups excluding carboxylic acids is 1. The summed E-state index contributed by atoms with van der Waals surface area (Å²) in [5.74, 6) is 0.0541. The van der Waals surface area contributed by atoms with Gasteiger partial charge in [0.05, 0.1) is 0 Å². The quantitative estimate of drug-likeness (QED) is 0.886. The highest BCUT2D eigenvalue weighted by atomic mass is 16.1. The van der Waals surface area contributed by atoms with Gasteiger partial charge in [0.1, 0.15) is 0 Å². The van der Waals surface area contributed by atoms with Gasteiger partial charge in [0.25, 0.3) is 0 Å². The Morgan fingerprint density at radius 3 is 2.63 bits per heavy atom. The average molecular weight is 261 g/mol. The van der Waals surface area contributed by atoms with Crippen molar-refractivity contribution in [1.82, 2.24) is 10.2 Å². The number of nitrogens with zero attached hydrogens (tertiary/aromatic N) is 2. The second-order valence-electron chi connectivity index (χ2n) is 5.15. The first-order valence-corrected chi connectivity index (χ1v) is 6.93. The third-order valence-corrected chi connectivity index (χ3v) is 3.54. The minimum atomic E-state index is 0.0541. The van der Waals surface area contributed by atoms with Crippen LogP contribution in [0.2, 0.25) is 0 Å². The number of rotatable bonds is 4. The summed E-state index contributed by atoms with van der Waals surface area (Å²) in [5.41, 5.74) is 2.63. The van der Waals surface area contributed by atoms with E-state index < -0.39 is 0 Å². The van der Waals surface area contributed by atoms with Gasteiger partial charge in [0, 0.05) is 51.9 Å². The molecule has 0 saturated carbocycles. The van der Waals surface area contributed by atoms with E-state index in [1.54, 1.807) is 6.92 Å². The second-order valence-corrected chi connectivity index (χ2v) is 5.15. The van der Waals surface area contributed by atoms with Gasteiger partial charge in [-0.15, -0.1) is 0 Å². The Bertz CT molecular complexity index is 425. The van der Waals surface area contributed by atoms with E-state index in [4.69, 9.17) is 0 Å². The number of carbonyl (C=O) groups is 1. The third-order valence-electron chi connectivity index (χ3n) is 3.54. The average Bonchev–Trinajstić information content (AvgIpc) is 2.39. The molecule has 1 amide bonds. The topological polar surface area (TPSA) is 35.6 Å². The fourth-order valence-electron chi connectivity index (χ4n) is 2.44. The van der Waals surface area contributed by atoms with Crippen LogP contribution in [0.5, 0.6) is 0 Å². The van der Waals surface area contributed by atoms with E-state index in [1.165, 1.54) is 11.3 Å². The van der Waals surface area contributed by atoms with Gasteiger partial charge in [0.2, 0.25) is 5.91 Å². The van der Waals surface area contributed by atoms with Crippen molar-refractivity contribution < 1.29 is 4.79 Å². The molecule has 0 spiro atoms. The van der Waals surface area contributed by atoms with Crippen molar-refractivity contribution in [3.8, 4) is 0 Å². The molecule has 1 N–H and O–H groups in total. The summed E-state index contributed by atoms with van der Waals surface area (Å²) < 4.78 is 0. The van der Waals surface area contributed by atoms with E-state index in [0.29, 0.717) is 0 Å². The van der Waals surface area contributed by atoms with Gasteiger partial charge in [-0.25, -0.2) is 0 Å². The van der Waals surface area contributed by atoms with Gasteiger partial charge in [-0.05, 0) is 24.6 Å². The van der Waals surface area contributed by atoms with Gasteiger partial charge in [-0.2, -0.15) is 0 Å². The van der Waals surface area contributed by atoms with Crippen LogP contribution in [0.4, 0.5) is 5.69 Å². The fourth-order valence-corrected chi connectivity index (χ4v) is 2.44. The van der Waals surface area contributed by atoms with Gasteiger partial charge in [0.15, 0.2) is 0 Å². The summed E-state index contributed by atoms with van der Waals surface area (Å²) in [6.45, 7) is 9.64. The Balaban J connectivity index is 1.77. The molecule has 19 heavy (non-hydrogen) atoms. The highest BCUT2D eigenvalue weighted by Crippen LogP contribution is 2.17. The lowest BCUT2D eigenvalue weighted by Crippen LogP contribution is -2.48. The summed E-state index contributed by atoms with van der Waals surface area (Å²) in [4.78, 5) is 15.7. The molecule has 1 aliphatic rings. The molecule has 1 aromatic rings. The number of hydrogen-bond donors (Lipinski definition) is 1. The van der Waals surface area contributed by atoms with Crippen LogP contribution in [-0.4, -0.2) is 50.1 Å². The molecule has 1 heterocycles. The summed E-state index contributed by atoms with van der Waals surface area (Å²) in [7, 11) is 0. The van der Waals surface area contributed by atoms with E-state index in [1.807, 2.05) is 0 Å². The molecule has 4 nitrogen and oxygen atoms in total. The van der Waals surface area contributed by atoms with Crippen LogP contribution in [-0.2, 0) is 4.79 Å². The first kappa shape index (κ1) is 13.9. The second kappa shape index (κ2) is 6.57. The number of piperazine rings is 1. The normalized spacial score (nSPS) is 16.4. The molecule has 0 radical (unpaired) electrons. The van der Waals surface area contributed by atoms with Crippen LogP contribution >= 0.6 is 0 Å². The number of anilines is 1. The van der Waals surface area contributed by atoms with Crippen molar-refractivity contribution in [3.05, 3.63) is 29.8 Å². The van der Waals surface area contributed by atoms with Gasteiger partial charge < -0.3 is 10.2 Å². The van der Waals surface area contributed by atoms with Crippen LogP contribution < -0.4 is 10.2 Å². The summed E-state index contributed by atoms with van der Waals surface area (Å²) >= 11 is 0. The zero-order chi connectivity index (χ0) is 13.7. The molecule has 2 rings (SSSR count). The Morgan fingerprint density at radius 2 is 2.00 bits per heavy atom. The van der Waals surface area contributed by atoms with Crippen LogP contribution in [0.25, 0.3) is 0 Å². The molecule has 4 heteroatoms. The molecule has 1 aromatic carbocycles. The minimum Gasteiger partial charge on any atom is -0.369 e. The van der Waals surface area contributed by atoms with E-state index in [-0.39, 0.29) is 5.91 Å². The van der Waals surface area contributed by atoms with E-state index in [2.05, 4.69) is 46.3 Å². The van der Waals surface area contributed by atoms with Crippen molar-refractivity contribution in [3.63, 3.8) is 0 Å². The standard InChI is InChI=1S/C15H23N3O/c1-13-4-3-5-15(12-13)18-10-8-17(9-11-18)7-6-16-14(2)19/h3-5,12H,6-11H2,1-2H3,(H,16,19). The number of hydrogen-bond acceptors (Lipinski definition) is 3. The molecule has 0 aliphatic carbocycles. The fraction of sp³-hybridized carbons (Fsp3) is 0.533. The van der Waals surface area contributed by atoms with Crippen LogP contribution in [0.15, 0.2) is 24.3 Å². The molecule has 1 fully saturated rings. The highest BCUT2D eigenvalue weighted by Gasteiger charge is 2.16. The van der Waals surface area contributed by atoms with E-state index >= 15 is 0 Å². The largest absolute Gasteiger partial charge is 0.369 e. The molecule has 0 aromatic heterocycles. The van der Waals surface area contributed by atoms with Crippen molar-refractivity contribution in [2.75, 3.05) is 44.2 Å². The maximum Gasteiger partial charge on any atom is 0.216 e. The summed E-state index contributed by atoms with van der Waals surface area (Å²) in [6, 6.07) is 8.67. The number of aryl methyl sites for hydroxylation is 1. The van der Waals surface area contributed by atoms with Crippen LogP contribution in [0, 0.1) is 6.92 Å². The first-order valence-electron chi connectivity index (χ1n) is 6.93. The molecular formula is C15H23N3O. The van der Waals surface area contributed by atoms with Gasteiger partial charge >= 0.3 is 0 Å². The lowest BCUT2D eigenvalue weighted by atomic mass is 10.2. The Hall–Kier alpha value is -1.55. The summed E-state index contributed by atoms with van der Waals surface area (Å²) in [6.07, 6.45) is 0. The van der Waals surface area contributed by atoms with Crippen LogP contribution in [0.1, 0.15) is 12.5 Å². The maximum absolute atomic E-state index is 10.8. The lowest BCUT2D eigenvalue weighted by molar-refractivity contribution is -0.119. The molecule has 1 aliphatic heterocycles. The SMILES string of the molecule is CC(=O)NCCN1CCN(c2cccc(C)c2)CC1. The smallest absolute Gasteiger partial charge is 0.216 e. The zero-order valence-electron chi connectivity index (χ0n) is 11.9. The number of amides is 1. The molecule has 104 valence electrons. The molecular weight excluding hydrogens is 238 g/mol. The molecule has 0 atom stereocenters. The van der Waals surface area contributed by atoms with Crippen molar-refractivity contribution in [2.45, 2.75) is 13.8 Å². The highest BCUT2D eigenvalue weighted by molar-refractivity contribution is 5.72. The van der Waals surface area contributed by atoms with Crippen LogP contribution in [0.3, 0.4) is 0 Å². The van der Waals surface area contributed by atoms with E-state index in [0.717, 1.165) is 39.3 Å². The Labute approximate surface area is 115 Å². The third kappa shape index (κ3) is 4.24. The molecule has 0 bridgehead atoms. The molecule has 1 saturated heterocycles. The monoisotopic (exact) mass is 261 g/mol. The number of nitrogens with one attached hydrogen (secondary N) is 1. The predicted molar refractivity (Wildman–Crippen MR) is 78.5 cm³/mol. The van der Waals surface area contributed by atoms with Gasteiger partial charge in [-0.3, -0.25) is 9.69 Å². The summed E-state index contributed by atoms with van der Waals surface area (Å²) in [5, 5.41) is 2.85. The Kier molecular flexibility index (Phi) is 4.80. The predicted octanol–water partition coefficient (Wildman–Crippen LogP) is 1.25. The lowest BCUT2D eigenvalue weighted by Gasteiger charge is -2.36. The zero-order valence-corrected chi connectivity index (χ0v) is 11.9. The van der Waals surface area contributed by atoms with Crippen molar-refractivity contribution in [1.29, 1.82) is 0 Å². The van der Waals surface area contributed by atoms with Crippen molar-refractivity contribution in [2.24, 2.45) is 0 Å². The van der Waals surface area contributed by atoms with E-state index in [9.17, 15) is 4.79 Å². The Morgan fingerprint density at radius 1 is 1.26 bits per heavy atom. The first-order chi connectivity index (χ1) is 9.15. The van der Waals surface area contributed by atoms with Gasteiger partial charge in [-0.1, -0.05) is 12.1 Å². The number of benzene rings is 1.